The van der Waals surface area contributed by atoms with Crippen LogP contribution in [0.4, 0.5) is 0 Å². The molecule has 1 aromatic carbocycles. The number of hydrogen-bond donors (Lipinski definition) is 1. The van der Waals surface area contributed by atoms with Gasteiger partial charge in [-0.3, -0.25) is 15.1 Å². The van der Waals surface area contributed by atoms with Crippen LogP contribution in [0, 0.1) is 0 Å². The molecule has 3 rings (SSSR count). The third-order valence-electron chi connectivity index (χ3n) is 3.94. The number of amides is 1. The van der Waals surface area contributed by atoms with Gasteiger partial charge < -0.3 is 0 Å². The minimum absolute atomic E-state index is 0.0924. The van der Waals surface area contributed by atoms with Crippen LogP contribution < -0.4 is 15.9 Å². The van der Waals surface area contributed by atoms with E-state index < -0.39 is 0 Å². The maximum absolute atomic E-state index is 12.6. The van der Waals surface area contributed by atoms with Crippen molar-refractivity contribution in [1.82, 2.24) is 10.3 Å². The Morgan fingerprint density at radius 3 is 2.91 bits per heavy atom. The van der Waals surface area contributed by atoms with Gasteiger partial charge in [0, 0.05) is 11.0 Å². The first kappa shape index (κ1) is 16.1. The number of nitrogens with zero attached hydrogens (tertiary/aromatic N) is 3. The molecular weight excluding hydrogens is 308 g/mol. The number of nitrogens with one attached hydrogen (secondary N) is 1. The number of para-hydroxylation sites is 1. The minimum Gasteiger partial charge on any atom is -0.298 e. The zero-order valence-corrected chi connectivity index (χ0v) is 14.4. The van der Waals surface area contributed by atoms with Gasteiger partial charge in [-0.2, -0.15) is 0 Å². The lowest BCUT2D eigenvalue weighted by atomic mass is 10.2. The summed E-state index contributed by atoms with van der Waals surface area (Å²) in [6, 6.07) is 7.72. The van der Waals surface area contributed by atoms with Gasteiger partial charge in [0.25, 0.3) is 5.91 Å². The molecule has 1 amide bonds. The van der Waals surface area contributed by atoms with Crippen molar-refractivity contribution in [3.05, 3.63) is 34.8 Å². The van der Waals surface area contributed by atoms with Gasteiger partial charge in [0.1, 0.15) is 11.9 Å². The Bertz CT molecular complexity index is 743. The fourth-order valence-corrected chi connectivity index (χ4v) is 3.61. The first-order valence-corrected chi connectivity index (χ1v) is 9.18. The van der Waals surface area contributed by atoms with E-state index in [-0.39, 0.29) is 12.1 Å². The molecule has 2 aliphatic heterocycles. The number of carbonyl (C=O) groups is 1. The maximum Gasteiger partial charge on any atom is 0.276 e. The third-order valence-corrected chi connectivity index (χ3v) is 4.89. The van der Waals surface area contributed by atoms with Crippen LogP contribution in [0.3, 0.4) is 0 Å². The van der Waals surface area contributed by atoms with Crippen molar-refractivity contribution < 1.29 is 4.79 Å². The van der Waals surface area contributed by atoms with Gasteiger partial charge in [-0.25, -0.2) is 5.01 Å². The Morgan fingerprint density at radius 2 is 2.09 bits per heavy atom. The Kier molecular flexibility index (Phi) is 5.00. The molecule has 1 N–H and O–H groups in total. The molecule has 1 atom stereocenters. The molecule has 23 heavy (non-hydrogen) atoms. The summed E-state index contributed by atoms with van der Waals surface area (Å²) < 4.78 is 0. The van der Waals surface area contributed by atoms with Crippen molar-refractivity contribution in [1.29, 1.82) is 0 Å². The summed E-state index contributed by atoms with van der Waals surface area (Å²) in [5, 5.41) is 11.6. The third kappa shape index (κ3) is 3.42. The van der Waals surface area contributed by atoms with Crippen LogP contribution in [0.1, 0.15) is 39.5 Å². The summed E-state index contributed by atoms with van der Waals surface area (Å²) in [7, 11) is 0. The first-order valence-electron chi connectivity index (χ1n) is 8.20. The van der Waals surface area contributed by atoms with Crippen LogP contribution in [0.15, 0.2) is 34.4 Å². The lowest BCUT2D eigenvalue weighted by Gasteiger charge is -2.32. The summed E-state index contributed by atoms with van der Waals surface area (Å²) in [6.45, 7) is 4.16. The summed E-state index contributed by atoms with van der Waals surface area (Å²) in [6.07, 6.45) is 4.70. The highest BCUT2D eigenvalue weighted by Crippen LogP contribution is 2.20. The summed E-state index contributed by atoms with van der Waals surface area (Å²) in [4.78, 5) is 17.2. The highest BCUT2D eigenvalue weighted by molar-refractivity contribution is 8.13. The smallest absolute Gasteiger partial charge is 0.276 e. The molecular formula is C17H22N4OS. The normalized spacial score (nSPS) is 19.5. The summed E-state index contributed by atoms with van der Waals surface area (Å²) in [5.41, 5.74) is 0.596. The van der Waals surface area contributed by atoms with Gasteiger partial charge in [0.05, 0.1) is 5.36 Å². The molecule has 0 saturated carbocycles. The average Bonchev–Trinajstić information content (AvgIpc) is 2.55. The highest BCUT2D eigenvalue weighted by atomic mass is 32.2. The summed E-state index contributed by atoms with van der Waals surface area (Å²) >= 11 is 1.61. The Balaban J connectivity index is 1.81. The van der Waals surface area contributed by atoms with Crippen molar-refractivity contribution in [3.8, 4) is 0 Å². The van der Waals surface area contributed by atoms with E-state index in [0.717, 1.165) is 22.7 Å². The maximum atomic E-state index is 12.6. The van der Waals surface area contributed by atoms with Gasteiger partial charge in [0.2, 0.25) is 0 Å². The predicted octanol–water partition coefficient (Wildman–Crippen LogP) is 1.79. The van der Waals surface area contributed by atoms with E-state index in [1.807, 2.05) is 31.2 Å². The number of benzene rings is 1. The second-order valence-corrected chi connectivity index (χ2v) is 6.82. The van der Waals surface area contributed by atoms with Crippen molar-refractivity contribution in [2.45, 2.75) is 45.7 Å². The lowest BCUT2D eigenvalue weighted by Crippen LogP contribution is -2.51. The Labute approximate surface area is 140 Å². The molecule has 0 aliphatic carbocycles. The SMILES string of the molecule is CCCCCCSC1=NN2C(=c3ccccc3=N[C@@H]2C)C(=O)N1. The molecule has 0 bridgehead atoms. The number of amidine groups is 1. The van der Waals surface area contributed by atoms with E-state index in [1.165, 1.54) is 19.3 Å². The van der Waals surface area contributed by atoms with E-state index in [4.69, 9.17) is 0 Å². The van der Waals surface area contributed by atoms with Crippen LogP contribution in [-0.2, 0) is 4.79 Å². The predicted molar refractivity (Wildman–Crippen MR) is 94.1 cm³/mol. The molecule has 2 heterocycles. The quantitative estimate of drug-likeness (QED) is 0.838. The number of carbonyl (C=O) groups excluding carboxylic acids is 1. The number of unbranched alkanes of at least 4 members (excludes halogenated alkanes) is 3. The molecule has 0 saturated heterocycles. The molecule has 0 unspecified atom stereocenters. The van der Waals surface area contributed by atoms with Gasteiger partial charge >= 0.3 is 0 Å². The van der Waals surface area contributed by atoms with E-state index in [9.17, 15) is 4.79 Å². The number of hydrogen-bond acceptors (Lipinski definition) is 5. The Hall–Kier alpha value is -1.82. The van der Waals surface area contributed by atoms with Gasteiger partial charge in [-0.05, 0) is 19.4 Å². The van der Waals surface area contributed by atoms with Crippen LogP contribution in [-0.4, -0.2) is 28.0 Å². The van der Waals surface area contributed by atoms with E-state index in [2.05, 4.69) is 22.3 Å². The zero-order chi connectivity index (χ0) is 16.2. The van der Waals surface area contributed by atoms with E-state index in [1.54, 1.807) is 16.8 Å². The molecule has 0 aromatic heterocycles. The van der Waals surface area contributed by atoms with Crippen LogP contribution >= 0.6 is 11.8 Å². The van der Waals surface area contributed by atoms with Crippen LogP contribution in [0.5, 0.6) is 0 Å². The number of fused-ring (bicyclic) bond motifs is 2. The standard InChI is InChI=1S/C17H22N4OS/c1-3-4-5-8-11-23-17-19-16(22)15-13-9-6-7-10-14(13)18-12(2)21(15)20-17/h6-7,9-10,12H,3-5,8,11H2,1-2H3,(H,19,20,22)/t12-/m0/s1. The first-order chi connectivity index (χ1) is 11.2. The van der Waals surface area contributed by atoms with E-state index >= 15 is 0 Å². The zero-order valence-electron chi connectivity index (χ0n) is 13.6. The van der Waals surface area contributed by atoms with Crippen molar-refractivity contribution in [2.75, 3.05) is 5.75 Å². The van der Waals surface area contributed by atoms with E-state index in [0.29, 0.717) is 10.9 Å². The molecule has 2 aliphatic rings. The fraction of sp³-hybridized carbons (Fsp3) is 0.471. The molecule has 0 radical (unpaired) electrons. The van der Waals surface area contributed by atoms with Crippen LogP contribution in [0.25, 0.3) is 5.70 Å². The second kappa shape index (κ2) is 7.17. The highest BCUT2D eigenvalue weighted by Gasteiger charge is 2.31. The minimum atomic E-state index is -0.165. The monoisotopic (exact) mass is 330 g/mol. The molecule has 122 valence electrons. The van der Waals surface area contributed by atoms with Gasteiger partial charge in [-0.1, -0.05) is 56.1 Å². The largest absolute Gasteiger partial charge is 0.298 e. The van der Waals surface area contributed by atoms with Gasteiger partial charge in [0.15, 0.2) is 5.17 Å². The second-order valence-electron chi connectivity index (χ2n) is 5.74. The molecule has 0 fully saturated rings. The topological polar surface area (TPSA) is 57.1 Å². The Morgan fingerprint density at radius 1 is 1.26 bits per heavy atom. The van der Waals surface area contributed by atoms with Crippen molar-refractivity contribution >= 4 is 28.5 Å². The van der Waals surface area contributed by atoms with Gasteiger partial charge in [-0.15, -0.1) is 5.10 Å². The average molecular weight is 330 g/mol. The molecule has 1 aromatic rings. The number of rotatable bonds is 5. The number of hydrazone groups is 1. The molecule has 0 spiro atoms. The molecule has 6 heteroatoms. The van der Waals surface area contributed by atoms with Crippen LogP contribution in [0.2, 0.25) is 0 Å². The fourth-order valence-electron chi connectivity index (χ4n) is 2.75. The number of thioether (sulfide) groups is 1. The lowest BCUT2D eigenvalue weighted by molar-refractivity contribution is -0.116. The molecule has 5 nitrogen and oxygen atoms in total. The van der Waals surface area contributed by atoms with Crippen molar-refractivity contribution in [2.24, 2.45) is 10.1 Å². The summed E-state index contributed by atoms with van der Waals surface area (Å²) in [5.74, 6) is 0.884. The van der Waals surface area contributed by atoms with Crippen molar-refractivity contribution in [3.63, 3.8) is 0 Å².